The van der Waals surface area contributed by atoms with E-state index in [0.717, 1.165) is 24.0 Å². The van der Waals surface area contributed by atoms with Gasteiger partial charge in [0.1, 0.15) is 18.2 Å². The molecule has 8 heteroatoms. The largest absolute Gasteiger partial charge is 0.489 e. The number of carbonyl (C=O) groups excluding carboxylic acids is 1. The number of benzene rings is 3. The maximum absolute atomic E-state index is 13.6. The van der Waals surface area contributed by atoms with Gasteiger partial charge in [-0.15, -0.1) is 0 Å². The third kappa shape index (κ3) is 3.16. The number of carbonyl (C=O) groups is 1. The van der Waals surface area contributed by atoms with Crippen molar-refractivity contribution in [2.24, 2.45) is 0 Å². The second kappa shape index (κ2) is 8.16. The molecule has 0 saturated carbocycles. The van der Waals surface area contributed by atoms with Gasteiger partial charge >= 0.3 is 0 Å². The van der Waals surface area contributed by atoms with Crippen molar-refractivity contribution in [3.05, 3.63) is 105 Å². The lowest BCUT2D eigenvalue weighted by Crippen LogP contribution is -2.55. The Hall–Kier alpha value is -3.78. The van der Waals surface area contributed by atoms with Gasteiger partial charge in [-0.25, -0.2) is 4.39 Å². The highest BCUT2D eigenvalue weighted by Crippen LogP contribution is 2.58. The number of para-hydroxylation sites is 2. The van der Waals surface area contributed by atoms with Crippen molar-refractivity contribution in [2.45, 2.75) is 43.0 Å². The molecule has 0 bridgehead atoms. The molecule has 1 amide bonds. The second-order valence-electron chi connectivity index (χ2n) is 9.38. The van der Waals surface area contributed by atoms with E-state index in [2.05, 4.69) is 10.2 Å². The number of nitrogens with one attached hydrogen (secondary N) is 1. The van der Waals surface area contributed by atoms with Crippen molar-refractivity contribution in [1.82, 2.24) is 4.90 Å². The van der Waals surface area contributed by atoms with Crippen LogP contribution in [0.1, 0.15) is 35.4 Å². The van der Waals surface area contributed by atoms with Gasteiger partial charge in [0.2, 0.25) is 0 Å². The molecule has 1 N–H and O–H groups in total. The molecule has 1 spiro atoms. The molecule has 178 valence electrons. The van der Waals surface area contributed by atoms with Crippen LogP contribution >= 0.6 is 0 Å². The molecule has 0 aliphatic carbocycles. The monoisotopic (exact) mass is 473 g/mol. The summed E-state index contributed by atoms with van der Waals surface area (Å²) in [5.74, 6) is -0.645. The lowest BCUT2D eigenvalue weighted by molar-refractivity contribution is -0.534. The van der Waals surface area contributed by atoms with Gasteiger partial charge in [-0.1, -0.05) is 48.5 Å². The molecule has 7 nitrogen and oxygen atoms in total. The molecule has 2 saturated heterocycles. The first kappa shape index (κ1) is 21.7. The minimum absolute atomic E-state index is 0.169. The summed E-state index contributed by atoms with van der Waals surface area (Å²) in [6.45, 7) is 0.821. The fourth-order valence-corrected chi connectivity index (χ4v) is 6.38. The average molecular weight is 474 g/mol. The van der Waals surface area contributed by atoms with Crippen LogP contribution in [0.15, 0.2) is 72.8 Å². The van der Waals surface area contributed by atoms with Crippen molar-refractivity contribution in [3.63, 3.8) is 0 Å². The summed E-state index contributed by atoms with van der Waals surface area (Å²) in [5, 5.41) is 15.7. The van der Waals surface area contributed by atoms with E-state index in [1.54, 1.807) is 18.2 Å². The van der Waals surface area contributed by atoms with Crippen LogP contribution in [0.4, 0.5) is 10.1 Å². The highest BCUT2D eigenvalue weighted by atomic mass is 19.1. The molecule has 35 heavy (non-hydrogen) atoms. The predicted octanol–water partition coefficient (Wildman–Crippen LogP) is 4.46. The first-order chi connectivity index (χ1) is 17.0. The van der Waals surface area contributed by atoms with Crippen molar-refractivity contribution in [1.29, 1.82) is 0 Å². The molecule has 4 atom stereocenters. The first-order valence-electron chi connectivity index (χ1n) is 11.8. The van der Waals surface area contributed by atoms with Gasteiger partial charge in [-0.3, -0.25) is 19.8 Å². The zero-order valence-corrected chi connectivity index (χ0v) is 18.9. The first-order valence-corrected chi connectivity index (χ1v) is 11.8. The van der Waals surface area contributed by atoms with Crippen molar-refractivity contribution < 1.29 is 18.8 Å². The van der Waals surface area contributed by atoms with Crippen LogP contribution in [-0.2, 0) is 16.9 Å². The van der Waals surface area contributed by atoms with E-state index in [1.807, 2.05) is 42.5 Å². The lowest BCUT2D eigenvalue weighted by Gasteiger charge is -2.32. The number of nitrogens with zero attached hydrogens (tertiary/aromatic N) is 2. The number of hydrogen-bond acceptors (Lipinski definition) is 5. The maximum Gasteiger partial charge on any atom is 0.256 e. The van der Waals surface area contributed by atoms with Crippen molar-refractivity contribution in [2.75, 3.05) is 11.9 Å². The van der Waals surface area contributed by atoms with E-state index in [4.69, 9.17) is 4.74 Å². The third-order valence-corrected chi connectivity index (χ3v) is 7.68. The van der Waals surface area contributed by atoms with Gasteiger partial charge in [0.25, 0.3) is 11.9 Å². The topological polar surface area (TPSA) is 84.7 Å². The zero-order valence-electron chi connectivity index (χ0n) is 18.9. The molecular formula is C27H24FN3O4. The van der Waals surface area contributed by atoms with Crippen molar-refractivity contribution in [3.8, 4) is 5.75 Å². The fraction of sp³-hybridized carbons (Fsp3) is 0.296. The standard InChI is InChI=1S/C27H24FN3O4/c28-18-13-11-17(12-14-18)16-35-23-10-4-1-6-19(23)24-22-9-5-15-30(22)27(25(24)31(33)34)20-7-2-3-8-21(20)29-26(27)32/h1-4,6-8,10-14,22,24-25H,5,9,15-16H2,(H,29,32)/t22-,24+,25+,27-/m0/s1. The summed E-state index contributed by atoms with van der Waals surface area (Å²) in [6, 6.07) is 19.4. The molecule has 0 radical (unpaired) electrons. The summed E-state index contributed by atoms with van der Waals surface area (Å²) in [4.78, 5) is 28.2. The van der Waals surface area contributed by atoms with Crippen LogP contribution in [0.3, 0.4) is 0 Å². The highest BCUT2D eigenvalue weighted by molar-refractivity contribution is 6.07. The van der Waals surface area contributed by atoms with Crippen LogP contribution in [0.25, 0.3) is 0 Å². The second-order valence-corrected chi connectivity index (χ2v) is 9.38. The van der Waals surface area contributed by atoms with E-state index in [9.17, 15) is 19.3 Å². The Kier molecular flexibility index (Phi) is 5.07. The normalized spacial score (nSPS) is 27.0. The van der Waals surface area contributed by atoms with E-state index < -0.39 is 17.5 Å². The van der Waals surface area contributed by atoms with E-state index in [0.29, 0.717) is 23.5 Å². The Morgan fingerprint density at radius 2 is 1.83 bits per heavy atom. The Morgan fingerprint density at radius 1 is 1.09 bits per heavy atom. The minimum Gasteiger partial charge on any atom is -0.489 e. The van der Waals surface area contributed by atoms with Gasteiger partial charge in [-0.2, -0.15) is 0 Å². The van der Waals surface area contributed by atoms with E-state index in [-0.39, 0.29) is 29.3 Å². The SMILES string of the molecule is O=C1Nc2ccccc2[C@]12[C@H]([N+](=O)[O-])[C@H](c1ccccc1OCc1ccc(F)cc1)[C@@H]1CCCN12. The summed E-state index contributed by atoms with van der Waals surface area (Å²) >= 11 is 0. The Labute approximate surface area is 201 Å². The molecular weight excluding hydrogens is 449 g/mol. The number of halogens is 1. The van der Waals surface area contributed by atoms with Crippen LogP contribution in [-0.4, -0.2) is 34.4 Å². The highest BCUT2D eigenvalue weighted by Gasteiger charge is 2.73. The van der Waals surface area contributed by atoms with Crippen LogP contribution in [0, 0.1) is 15.9 Å². The van der Waals surface area contributed by atoms with Gasteiger partial charge in [0.15, 0.2) is 5.54 Å². The molecule has 3 aliphatic heterocycles. The number of fused-ring (bicyclic) bond motifs is 4. The molecule has 2 fully saturated rings. The molecule has 3 aliphatic rings. The number of hydrogen-bond donors (Lipinski definition) is 1. The van der Waals surface area contributed by atoms with Crippen molar-refractivity contribution >= 4 is 11.6 Å². The number of anilines is 1. The molecule has 3 heterocycles. The summed E-state index contributed by atoms with van der Waals surface area (Å²) in [5.41, 5.74) is 1.46. The van der Waals surface area contributed by atoms with Crippen LogP contribution < -0.4 is 10.1 Å². The smallest absolute Gasteiger partial charge is 0.256 e. The summed E-state index contributed by atoms with van der Waals surface area (Å²) in [7, 11) is 0. The van der Waals surface area contributed by atoms with E-state index in [1.165, 1.54) is 12.1 Å². The molecule has 3 aromatic rings. The van der Waals surface area contributed by atoms with Gasteiger partial charge in [0, 0.05) is 34.3 Å². The molecule has 0 aromatic heterocycles. The molecule has 3 aromatic carbocycles. The third-order valence-electron chi connectivity index (χ3n) is 7.68. The predicted molar refractivity (Wildman–Crippen MR) is 127 cm³/mol. The Bertz CT molecular complexity index is 1310. The van der Waals surface area contributed by atoms with Gasteiger partial charge < -0.3 is 10.1 Å². The summed E-state index contributed by atoms with van der Waals surface area (Å²) in [6.07, 6.45) is 1.62. The average Bonchev–Trinajstić information content (AvgIpc) is 3.52. The lowest BCUT2D eigenvalue weighted by atomic mass is 9.77. The fourth-order valence-electron chi connectivity index (χ4n) is 6.38. The number of amides is 1. The zero-order chi connectivity index (χ0) is 24.2. The Balaban J connectivity index is 1.45. The van der Waals surface area contributed by atoms with Crippen LogP contribution in [0.5, 0.6) is 5.75 Å². The molecule has 6 rings (SSSR count). The quantitative estimate of drug-likeness (QED) is 0.437. The van der Waals surface area contributed by atoms with Crippen LogP contribution in [0.2, 0.25) is 0 Å². The molecule has 0 unspecified atom stereocenters. The minimum atomic E-state index is -1.37. The number of nitro groups is 1. The van der Waals surface area contributed by atoms with E-state index >= 15 is 0 Å². The number of ether oxygens (including phenoxy) is 1. The summed E-state index contributed by atoms with van der Waals surface area (Å²) < 4.78 is 19.4. The Morgan fingerprint density at radius 3 is 2.63 bits per heavy atom. The maximum atomic E-state index is 13.6. The number of rotatable bonds is 5. The van der Waals surface area contributed by atoms with Gasteiger partial charge in [-0.05, 0) is 42.7 Å². The van der Waals surface area contributed by atoms with Gasteiger partial charge in [0.05, 0.1) is 5.92 Å².